The van der Waals surface area contributed by atoms with Gasteiger partial charge in [0.2, 0.25) is 0 Å². The lowest BCUT2D eigenvalue weighted by atomic mass is 10.1. The minimum atomic E-state index is -0.847. The molecule has 0 bridgehead atoms. The third-order valence-corrected chi connectivity index (χ3v) is 4.59. The minimum Gasteiger partial charge on any atom is -0.330 e. The van der Waals surface area contributed by atoms with Gasteiger partial charge >= 0.3 is 0 Å². The van der Waals surface area contributed by atoms with Gasteiger partial charge in [-0.05, 0) is 6.42 Å². The second kappa shape index (κ2) is 7.20. The van der Waals surface area contributed by atoms with Crippen molar-refractivity contribution < 1.29 is 4.79 Å². The van der Waals surface area contributed by atoms with Gasteiger partial charge in [0.1, 0.15) is 5.01 Å². The highest BCUT2D eigenvalue weighted by molar-refractivity contribution is 7.10. The van der Waals surface area contributed by atoms with Gasteiger partial charge in [-0.3, -0.25) is 4.79 Å². The van der Waals surface area contributed by atoms with Crippen molar-refractivity contribution in [1.29, 1.82) is 5.26 Å². The van der Waals surface area contributed by atoms with Crippen LogP contribution in [0.3, 0.4) is 0 Å². The highest BCUT2D eigenvalue weighted by atomic mass is 32.1. The second-order valence-corrected chi connectivity index (χ2v) is 6.25. The quantitative estimate of drug-likeness (QED) is 0.691. The van der Waals surface area contributed by atoms with E-state index in [9.17, 15) is 10.1 Å². The maximum atomic E-state index is 12.5. The summed E-state index contributed by atoms with van der Waals surface area (Å²) in [5.41, 5.74) is 2.70. The van der Waals surface area contributed by atoms with Gasteiger partial charge in [0, 0.05) is 17.1 Å². The Morgan fingerprint density at radius 1 is 1.38 bits per heavy atom. The maximum Gasteiger partial charge on any atom is 0.176 e. The summed E-state index contributed by atoms with van der Waals surface area (Å²) < 4.78 is 1.72. The maximum absolute atomic E-state index is 12.5. The molecule has 2 heterocycles. The van der Waals surface area contributed by atoms with E-state index >= 15 is 0 Å². The van der Waals surface area contributed by atoms with Gasteiger partial charge in [0.25, 0.3) is 0 Å². The summed E-state index contributed by atoms with van der Waals surface area (Å²) in [6.45, 7) is 2.14. The lowest BCUT2D eigenvalue weighted by molar-refractivity contribution is -0.119. The highest BCUT2D eigenvalue weighted by Gasteiger charge is 2.24. The van der Waals surface area contributed by atoms with Crippen molar-refractivity contribution in [2.24, 2.45) is 0 Å². The second-order valence-electron chi connectivity index (χ2n) is 5.36. The predicted octanol–water partition coefficient (Wildman–Crippen LogP) is 3.45. The van der Waals surface area contributed by atoms with Crippen LogP contribution in [-0.2, 0) is 17.8 Å². The molecule has 1 aromatic carbocycles. The number of benzene rings is 1. The number of imidazole rings is 1. The zero-order valence-electron chi connectivity index (χ0n) is 13.2. The van der Waals surface area contributed by atoms with Crippen molar-refractivity contribution >= 4 is 17.1 Å². The summed E-state index contributed by atoms with van der Waals surface area (Å²) in [5, 5.41) is 11.9. The van der Waals surface area contributed by atoms with Gasteiger partial charge in [-0.15, -0.1) is 11.3 Å². The molecule has 24 heavy (non-hydrogen) atoms. The van der Waals surface area contributed by atoms with E-state index in [0.717, 1.165) is 23.4 Å². The largest absolute Gasteiger partial charge is 0.330 e. The molecule has 5 nitrogen and oxygen atoms in total. The fourth-order valence-electron chi connectivity index (χ4n) is 2.37. The van der Waals surface area contributed by atoms with E-state index in [1.165, 1.54) is 11.3 Å². The average molecular weight is 336 g/mol. The number of nitriles is 1. The molecule has 0 radical (unpaired) electrons. The summed E-state index contributed by atoms with van der Waals surface area (Å²) in [7, 11) is 0. The Balaban J connectivity index is 1.77. The van der Waals surface area contributed by atoms with Crippen LogP contribution in [0, 0.1) is 11.3 Å². The molecule has 0 saturated heterocycles. The summed E-state index contributed by atoms with van der Waals surface area (Å²) in [5.74, 6) is -1.02. The van der Waals surface area contributed by atoms with Crippen LogP contribution in [0.15, 0.2) is 48.2 Å². The first-order chi connectivity index (χ1) is 11.7. The summed E-state index contributed by atoms with van der Waals surface area (Å²) in [6, 6.07) is 11.8. The van der Waals surface area contributed by atoms with Crippen LogP contribution in [0.5, 0.6) is 0 Å². The lowest BCUT2D eigenvalue weighted by Crippen LogP contribution is -2.16. The summed E-state index contributed by atoms with van der Waals surface area (Å²) >= 11 is 1.35. The fraction of sp³-hybridized carbons (Fsp3) is 0.222. The molecule has 0 spiro atoms. The van der Waals surface area contributed by atoms with Gasteiger partial charge in [-0.1, -0.05) is 37.3 Å². The van der Waals surface area contributed by atoms with Gasteiger partial charge < -0.3 is 4.57 Å². The third kappa shape index (κ3) is 3.42. The molecule has 0 aliphatic heterocycles. The molecule has 6 heteroatoms. The topological polar surface area (TPSA) is 71.6 Å². The first-order valence-electron chi connectivity index (χ1n) is 7.65. The summed E-state index contributed by atoms with van der Waals surface area (Å²) in [4.78, 5) is 21.2. The van der Waals surface area contributed by atoms with Crippen LogP contribution >= 0.6 is 11.3 Å². The van der Waals surface area contributed by atoms with Crippen LogP contribution < -0.4 is 0 Å². The molecule has 0 fully saturated rings. The number of Topliss-reactive ketones (excluding diaryl/α,β-unsaturated/α-hetero) is 1. The number of aryl methyl sites for hydroxylation is 1. The van der Waals surface area contributed by atoms with Crippen molar-refractivity contribution in [2.75, 3.05) is 0 Å². The van der Waals surface area contributed by atoms with E-state index in [4.69, 9.17) is 0 Å². The Kier molecular flexibility index (Phi) is 4.82. The lowest BCUT2D eigenvalue weighted by Gasteiger charge is -2.05. The monoisotopic (exact) mass is 336 g/mol. The molecular formula is C18H16N4OS. The predicted molar refractivity (Wildman–Crippen MR) is 92.5 cm³/mol. The average Bonchev–Trinajstić information content (AvgIpc) is 3.26. The SMILES string of the molecule is CCc1cn(CC(=O)C(C#N)c2nc(-c3ccccc3)cs2)cn1. The molecule has 120 valence electrons. The molecule has 3 aromatic rings. The molecular weight excluding hydrogens is 320 g/mol. The van der Waals surface area contributed by atoms with Crippen LogP contribution in [0.25, 0.3) is 11.3 Å². The molecule has 0 amide bonds. The number of nitrogens with zero attached hydrogens (tertiary/aromatic N) is 4. The molecule has 2 aromatic heterocycles. The van der Waals surface area contributed by atoms with Crippen molar-refractivity contribution in [3.05, 3.63) is 58.9 Å². The van der Waals surface area contributed by atoms with E-state index in [-0.39, 0.29) is 12.3 Å². The number of carbonyl (C=O) groups is 1. The van der Waals surface area contributed by atoms with E-state index in [1.54, 1.807) is 10.9 Å². The number of rotatable bonds is 6. The Hall–Kier alpha value is -2.78. The number of carbonyl (C=O) groups excluding carboxylic acids is 1. The minimum absolute atomic E-state index is 0.130. The molecule has 0 aliphatic carbocycles. The van der Waals surface area contributed by atoms with E-state index in [2.05, 4.69) is 16.0 Å². The third-order valence-electron chi connectivity index (χ3n) is 3.68. The van der Waals surface area contributed by atoms with Gasteiger partial charge in [0.05, 0.1) is 30.3 Å². The standard InChI is InChI=1S/C18H16N4OS/c1-2-14-9-22(12-20-14)10-17(23)15(8-19)18-21-16(11-24-18)13-6-4-3-5-7-13/h3-7,9,11-12,15H,2,10H2,1H3. The Morgan fingerprint density at radius 2 is 2.17 bits per heavy atom. The fourth-order valence-corrected chi connectivity index (χ4v) is 3.27. The Bertz CT molecular complexity index is 876. The van der Waals surface area contributed by atoms with E-state index in [0.29, 0.717) is 5.01 Å². The smallest absolute Gasteiger partial charge is 0.176 e. The van der Waals surface area contributed by atoms with Gasteiger partial charge in [-0.2, -0.15) is 5.26 Å². The Labute approximate surface area is 144 Å². The van der Waals surface area contributed by atoms with Gasteiger partial charge in [0.15, 0.2) is 11.7 Å². The normalized spacial score (nSPS) is 11.8. The van der Waals surface area contributed by atoms with Crippen LogP contribution in [0.1, 0.15) is 23.5 Å². The molecule has 1 unspecified atom stereocenters. The number of ketones is 1. The highest BCUT2D eigenvalue weighted by Crippen LogP contribution is 2.27. The molecule has 0 aliphatic rings. The van der Waals surface area contributed by atoms with E-state index in [1.807, 2.05) is 48.8 Å². The zero-order valence-corrected chi connectivity index (χ0v) is 14.0. The molecule has 0 saturated carbocycles. The number of hydrogen-bond acceptors (Lipinski definition) is 5. The first kappa shape index (κ1) is 16.1. The first-order valence-corrected chi connectivity index (χ1v) is 8.53. The van der Waals surface area contributed by atoms with Crippen LogP contribution in [-0.4, -0.2) is 20.3 Å². The zero-order chi connectivity index (χ0) is 16.9. The number of aromatic nitrogens is 3. The van der Waals surface area contributed by atoms with E-state index < -0.39 is 5.92 Å². The van der Waals surface area contributed by atoms with Crippen molar-refractivity contribution in [1.82, 2.24) is 14.5 Å². The van der Waals surface area contributed by atoms with Crippen molar-refractivity contribution in [3.63, 3.8) is 0 Å². The van der Waals surface area contributed by atoms with Crippen LogP contribution in [0.2, 0.25) is 0 Å². The molecule has 1 atom stereocenters. The molecule has 0 N–H and O–H groups in total. The number of hydrogen-bond donors (Lipinski definition) is 0. The van der Waals surface area contributed by atoms with Crippen molar-refractivity contribution in [3.8, 4) is 17.3 Å². The van der Waals surface area contributed by atoms with Crippen LogP contribution in [0.4, 0.5) is 0 Å². The molecule has 3 rings (SSSR count). The number of thiazole rings is 1. The Morgan fingerprint density at radius 3 is 2.83 bits per heavy atom. The van der Waals surface area contributed by atoms with Crippen molar-refractivity contribution in [2.45, 2.75) is 25.8 Å². The van der Waals surface area contributed by atoms with Gasteiger partial charge in [-0.25, -0.2) is 9.97 Å². The summed E-state index contributed by atoms with van der Waals surface area (Å²) in [6.07, 6.45) is 4.28.